The van der Waals surface area contributed by atoms with Gasteiger partial charge in [0.15, 0.2) is 6.23 Å². The largest absolute Gasteiger partial charge is 0.394 e. The first-order chi connectivity index (χ1) is 10.3. The van der Waals surface area contributed by atoms with Crippen LogP contribution in [0.3, 0.4) is 0 Å². The maximum Gasteiger partial charge on any atom is 0.274 e. The number of anilines is 1. The molecule has 122 valence electrons. The summed E-state index contributed by atoms with van der Waals surface area (Å²) < 4.78 is 5.28. The van der Waals surface area contributed by atoms with Crippen molar-refractivity contribution in [1.82, 2.24) is 0 Å². The zero-order valence-corrected chi connectivity index (χ0v) is 11.8. The van der Waals surface area contributed by atoms with E-state index in [1.54, 1.807) is 13.0 Å². The van der Waals surface area contributed by atoms with Crippen molar-refractivity contribution in [3.63, 3.8) is 0 Å². The minimum Gasteiger partial charge on any atom is -0.394 e. The molecule has 1 aromatic rings. The fraction of sp³-hybridized carbons (Fsp3) is 0.538. The van der Waals surface area contributed by atoms with Crippen molar-refractivity contribution in [1.29, 1.82) is 0 Å². The van der Waals surface area contributed by atoms with Gasteiger partial charge in [0.25, 0.3) is 5.69 Å². The highest BCUT2D eigenvalue weighted by Gasteiger charge is 2.45. The molecule has 9 heteroatoms. The van der Waals surface area contributed by atoms with Crippen LogP contribution in [-0.2, 0) is 4.74 Å². The summed E-state index contributed by atoms with van der Waals surface area (Å²) in [6.07, 6.45) is -6.31. The third-order valence-corrected chi connectivity index (χ3v) is 3.58. The number of nitro benzene ring substituents is 1. The number of rotatable bonds is 5. The molecule has 1 heterocycles. The van der Waals surface area contributed by atoms with E-state index < -0.39 is 42.2 Å². The molecule has 0 bridgehead atoms. The Morgan fingerprint density at radius 1 is 1.41 bits per heavy atom. The fourth-order valence-electron chi connectivity index (χ4n) is 2.31. The van der Waals surface area contributed by atoms with E-state index in [4.69, 9.17) is 9.84 Å². The molecule has 0 unspecified atom stereocenters. The lowest BCUT2D eigenvalue weighted by Gasteiger charge is -2.19. The van der Waals surface area contributed by atoms with Gasteiger partial charge in [0.2, 0.25) is 0 Å². The molecule has 1 aromatic carbocycles. The van der Waals surface area contributed by atoms with Crippen LogP contribution in [0.1, 0.15) is 5.56 Å². The van der Waals surface area contributed by atoms with Crippen LogP contribution in [0, 0.1) is 17.0 Å². The van der Waals surface area contributed by atoms with E-state index in [1.807, 2.05) is 0 Å². The summed E-state index contributed by atoms with van der Waals surface area (Å²) in [7, 11) is 0. The molecule has 5 atom stereocenters. The summed E-state index contributed by atoms with van der Waals surface area (Å²) in [6, 6.07) is 4.40. The van der Waals surface area contributed by atoms with Gasteiger partial charge in [-0.2, -0.15) is 0 Å². The van der Waals surface area contributed by atoms with E-state index in [2.05, 4.69) is 5.32 Å². The number of aliphatic hydroxyl groups is 4. The van der Waals surface area contributed by atoms with Crippen LogP contribution in [0.2, 0.25) is 0 Å². The zero-order valence-electron chi connectivity index (χ0n) is 11.8. The normalized spacial score (nSPS) is 29.3. The van der Waals surface area contributed by atoms with Crippen LogP contribution in [0.4, 0.5) is 11.4 Å². The molecule has 0 spiro atoms. The van der Waals surface area contributed by atoms with E-state index in [0.717, 1.165) is 0 Å². The van der Waals surface area contributed by atoms with Crippen LogP contribution in [0.5, 0.6) is 0 Å². The maximum atomic E-state index is 10.9. The van der Waals surface area contributed by atoms with Crippen LogP contribution >= 0.6 is 0 Å². The van der Waals surface area contributed by atoms with Gasteiger partial charge in [-0.15, -0.1) is 0 Å². The summed E-state index contributed by atoms with van der Waals surface area (Å²) in [5.41, 5.74) is 0.717. The van der Waals surface area contributed by atoms with Gasteiger partial charge in [-0.25, -0.2) is 0 Å². The predicted octanol–water partition coefficient (Wildman–Crippen LogP) is -0.885. The van der Waals surface area contributed by atoms with Crippen LogP contribution < -0.4 is 5.32 Å². The van der Waals surface area contributed by atoms with Crippen molar-refractivity contribution in [2.45, 2.75) is 37.6 Å². The minimum atomic E-state index is -1.39. The van der Waals surface area contributed by atoms with Crippen molar-refractivity contribution in [2.75, 3.05) is 11.9 Å². The van der Waals surface area contributed by atoms with E-state index >= 15 is 0 Å². The highest BCUT2D eigenvalue weighted by atomic mass is 16.6. The van der Waals surface area contributed by atoms with Gasteiger partial charge in [-0.1, -0.05) is 6.07 Å². The van der Waals surface area contributed by atoms with Crippen molar-refractivity contribution in [3.05, 3.63) is 33.9 Å². The van der Waals surface area contributed by atoms with Gasteiger partial charge >= 0.3 is 0 Å². The van der Waals surface area contributed by atoms with Gasteiger partial charge in [0.05, 0.1) is 11.5 Å². The summed E-state index contributed by atoms with van der Waals surface area (Å²) in [6.45, 7) is 0.970. The number of hydrogen-bond donors (Lipinski definition) is 5. The van der Waals surface area contributed by atoms with Crippen molar-refractivity contribution in [2.24, 2.45) is 0 Å². The molecule has 0 amide bonds. The number of benzene rings is 1. The number of nitro groups is 1. The molecule has 1 fully saturated rings. The third-order valence-electron chi connectivity index (χ3n) is 3.58. The summed E-state index contributed by atoms with van der Waals surface area (Å²) in [4.78, 5) is 10.4. The van der Waals surface area contributed by atoms with E-state index in [1.165, 1.54) is 12.1 Å². The Balaban J connectivity index is 2.14. The van der Waals surface area contributed by atoms with E-state index in [9.17, 15) is 25.4 Å². The second-order valence-electron chi connectivity index (χ2n) is 5.16. The molecule has 2 rings (SSSR count). The molecule has 5 N–H and O–H groups in total. The molecule has 0 aromatic heterocycles. The molecule has 0 saturated carbocycles. The molecule has 22 heavy (non-hydrogen) atoms. The highest BCUT2D eigenvalue weighted by Crippen LogP contribution is 2.28. The van der Waals surface area contributed by atoms with E-state index in [0.29, 0.717) is 11.3 Å². The summed E-state index contributed by atoms with van der Waals surface area (Å²) in [5, 5.41) is 51.7. The first-order valence-corrected chi connectivity index (χ1v) is 6.67. The topological polar surface area (TPSA) is 145 Å². The lowest BCUT2D eigenvalue weighted by atomic mass is 10.1. The molecular weight excluding hydrogens is 296 g/mol. The van der Waals surface area contributed by atoms with Crippen LogP contribution in [0.15, 0.2) is 18.2 Å². The van der Waals surface area contributed by atoms with Gasteiger partial charge < -0.3 is 30.5 Å². The molecule has 1 aliphatic heterocycles. The summed E-state index contributed by atoms with van der Waals surface area (Å²) in [5.74, 6) is 0. The number of aliphatic hydroxyl groups excluding tert-OH is 4. The standard InChI is InChI=1S/C13H18N2O7/c1-6-2-3-7(4-8(6)15(20)21)14-13-11(19)10(18)12(22-13)9(17)5-16/h2-4,9-14,16-19H,5H2,1H3/t9-,10+,11+,12-,13-/m1/s1. The first-order valence-electron chi connectivity index (χ1n) is 6.67. The molecular formula is C13H18N2O7. The summed E-state index contributed by atoms with van der Waals surface area (Å²) >= 11 is 0. The molecule has 9 nitrogen and oxygen atoms in total. The van der Waals surface area contributed by atoms with Gasteiger partial charge in [0, 0.05) is 17.3 Å². The van der Waals surface area contributed by atoms with Gasteiger partial charge in [-0.3, -0.25) is 10.1 Å². The Bertz CT molecular complexity index is 553. The second kappa shape index (κ2) is 6.55. The van der Waals surface area contributed by atoms with Crippen molar-refractivity contribution in [3.8, 4) is 0 Å². The number of aryl methyl sites for hydroxylation is 1. The zero-order chi connectivity index (χ0) is 16.4. The first kappa shape index (κ1) is 16.6. The molecule has 0 aliphatic carbocycles. The Labute approximate surface area is 125 Å². The Hall–Kier alpha value is -1.78. The Morgan fingerprint density at radius 2 is 2.09 bits per heavy atom. The monoisotopic (exact) mass is 314 g/mol. The average Bonchev–Trinajstić information content (AvgIpc) is 2.76. The lowest BCUT2D eigenvalue weighted by Crippen LogP contribution is -2.40. The number of ether oxygens (including phenoxy) is 1. The van der Waals surface area contributed by atoms with Crippen LogP contribution in [-0.4, -0.2) is 62.6 Å². The van der Waals surface area contributed by atoms with Gasteiger partial charge in [0.1, 0.15) is 24.4 Å². The predicted molar refractivity (Wildman–Crippen MR) is 75.2 cm³/mol. The minimum absolute atomic E-state index is 0.0926. The second-order valence-corrected chi connectivity index (χ2v) is 5.16. The number of nitrogens with one attached hydrogen (secondary N) is 1. The SMILES string of the molecule is Cc1ccc(N[C@@H]2O[C@H]([C@H](O)CO)[C@@H](O)[C@@H]2O)cc1[N+](=O)[O-]. The smallest absolute Gasteiger partial charge is 0.274 e. The lowest BCUT2D eigenvalue weighted by molar-refractivity contribution is -0.385. The average molecular weight is 314 g/mol. The molecule has 1 saturated heterocycles. The number of hydrogen-bond acceptors (Lipinski definition) is 8. The quantitative estimate of drug-likeness (QED) is 0.348. The Kier molecular flexibility index (Phi) is 4.94. The van der Waals surface area contributed by atoms with Crippen molar-refractivity contribution < 1.29 is 30.1 Å². The fourth-order valence-corrected chi connectivity index (χ4v) is 2.31. The number of nitrogens with zero attached hydrogens (tertiary/aromatic N) is 1. The van der Waals surface area contributed by atoms with Gasteiger partial charge in [-0.05, 0) is 13.0 Å². The van der Waals surface area contributed by atoms with Crippen molar-refractivity contribution >= 4 is 11.4 Å². The molecule has 0 radical (unpaired) electrons. The van der Waals surface area contributed by atoms with Crippen LogP contribution in [0.25, 0.3) is 0 Å². The highest BCUT2D eigenvalue weighted by molar-refractivity contribution is 5.55. The van der Waals surface area contributed by atoms with E-state index in [-0.39, 0.29) is 5.69 Å². The maximum absolute atomic E-state index is 10.9. The molecule has 1 aliphatic rings. The third kappa shape index (κ3) is 3.18. The Morgan fingerprint density at radius 3 is 2.68 bits per heavy atom.